The largest absolute Gasteiger partial charge is 0.369 e. The predicted octanol–water partition coefficient (Wildman–Crippen LogP) is 2.07. The highest BCUT2D eigenvalue weighted by molar-refractivity contribution is 7.20. The van der Waals surface area contributed by atoms with Gasteiger partial charge in [-0.05, 0) is 18.4 Å². The van der Waals surface area contributed by atoms with Gasteiger partial charge in [0.05, 0.1) is 16.6 Å². The van der Waals surface area contributed by atoms with E-state index in [1.54, 1.807) is 11.3 Å². The maximum atomic E-state index is 12.0. The van der Waals surface area contributed by atoms with Crippen molar-refractivity contribution in [3.05, 3.63) is 27.1 Å². The summed E-state index contributed by atoms with van der Waals surface area (Å²) in [7, 11) is 0. The van der Waals surface area contributed by atoms with Crippen molar-refractivity contribution in [2.45, 2.75) is 32.6 Å². The lowest BCUT2D eigenvalue weighted by Crippen LogP contribution is -2.28. The number of hydrogen-bond donors (Lipinski definition) is 2. The third-order valence-corrected chi connectivity index (χ3v) is 4.66. The van der Waals surface area contributed by atoms with Crippen molar-refractivity contribution in [2.75, 3.05) is 13.1 Å². The maximum Gasteiger partial charge on any atom is 0.259 e. The summed E-state index contributed by atoms with van der Waals surface area (Å²) in [6, 6.07) is 0. The summed E-state index contributed by atoms with van der Waals surface area (Å²) in [6.07, 6.45) is 5.87. The average Bonchev–Trinajstić information content (AvgIpc) is 2.84. The number of nitrogens with one attached hydrogen (secondary N) is 2. The van der Waals surface area contributed by atoms with E-state index in [9.17, 15) is 4.79 Å². The number of aromatic amines is 1. The highest BCUT2D eigenvalue weighted by Gasteiger charge is 2.22. The van der Waals surface area contributed by atoms with Crippen LogP contribution in [-0.4, -0.2) is 28.9 Å². The van der Waals surface area contributed by atoms with Crippen LogP contribution in [-0.2, 0) is 6.42 Å². The van der Waals surface area contributed by atoms with Crippen LogP contribution in [0.3, 0.4) is 0 Å². The Bertz CT molecular complexity index is 701. The van der Waals surface area contributed by atoms with E-state index in [0.29, 0.717) is 0 Å². The Morgan fingerprint density at radius 3 is 3.20 bits per heavy atom. The summed E-state index contributed by atoms with van der Waals surface area (Å²) in [5.41, 5.74) is 1.06. The van der Waals surface area contributed by atoms with Crippen LogP contribution in [0.2, 0.25) is 0 Å². The smallest absolute Gasteiger partial charge is 0.259 e. The zero-order valence-electron chi connectivity index (χ0n) is 11.5. The number of hydrogen-bond acceptors (Lipinski definition) is 5. The van der Waals surface area contributed by atoms with Gasteiger partial charge in [-0.25, -0.2) is 4.98 Å². The van der Waals surface area contributed by atoms with Crippen molar-refractivity contribution in [3.8, 4) is 0 Å². The van der Waals surface area contributed by atoms with E-state index in [1.807, 2.05) is 0 Å². The molecular formula is C14H18N4OS. The molecule has 5 nitrogen and oxygen atoms in total. The van der Waals surface area contributed by atoms with Crippen LogP contribution in [0.5, 0.6) is 0 Å². The molecule has 0 amide bonds. The molecule has 0 saturated carbocycles. The number of aliphatic imine (C=N–C) groups is 1. The first-order chi connectivity index (χ1) is 9.81. The van der Waals surface area contributed by atoms with Crippen molar-refractivity contribution >= 4 is 27.4 Å². The molecule has 0 aliphatic carbocycles. The van der Waals surface area contributed by atoms with Gasteiger partial charge in [-0.2, -0.15) is 0 Å². The lowest BCUT2D eigenvalue weighted by atomic mass is 10.1. The number of nitrogens with zero attached hydrogens (tertiary/aromatic N) is 2. The second-order valence-electron chi connectivity index (χ2n) is 4.94. The molecule has 1 aliphatic heterocycles. The predicted molar refractivity (Wildman–Crippen MR) is 82.9 cm³/mol. The summed E-state index contributed by atoms with van der Waals surface area (Å²) in [4.78, 5) is 25.4. The van der Waals surface area contributed by atoms with Crippen LogP contribution in [0.25, 0.3) is 10.2 Å². The molecule has 2 aromatic heterocycles. The van der Waals surface area contributed by atoms with E-state index in [4.69, 9.17) is 0 Å². The van der Waals surface area contributed by atoms with E-state index >= 15 is 0 Å². The van der Waals surface area contributed by atoms with Crippen molar-refractivity contribution < 1.29 is 0 Å². The Hall–Kier alpha value is -1.69. The Kier molecular flexibility index (Phi) is 3.82. The van der Waals surface area contributed by atoms with Crippen LogP contribution in [0.1, 0.15) is 36.6 Å². The van der Waals surface area contributed by atoms with Crippen LogP contribution in [0, 0.1) is 0 Å². The molecule has 0 saturated heterocycles. The van der Waals surface area contributed by atoms with E-state index in [-0.39, 0.29) is 5.56 Å². The Labute approximate surface area is 121 Å². The molecule has 3 heterocycles. The van der Waals surface area contributed by atoms with Gasteiger partial charge in [0.1, 0.15) is 10.7 Å². The summed E-state index contributed by atoms with van der Waals surface area (Å²) in [5.74, 6) is 0.935. The first-order valence-corrected chi connectivity index (χ1v) is 7.90. The van der Waals surface area contributed by atoms with E-state index in [1.165, 1.54) is 19.2 Å². The molecular weight excluding hydrogens is 272 g/mol. The second kappa shape index (κ2) is 5.75. The topological polar surface area (TPSA) is 70.1 Å². The minimum Gasteiger partial charge on any atom is -0.369 e. The molecule has 106 valence electrons. The number of rotatable bonds is 4. The number of fused-ring (bicyclic) bond motifs is 3. The Morgan fingerprint density at radius 1 is 1.45 bits per heavy atom. The third kappa shape index (κ3) is 2.35. The number of thiophene rings is 1. The highest BCUT2D eigenvalue weighted by atomic mass is 32.1. The van der Waals surface area contributed by atoms with Crippen LogP contribution in [0.15, 0.2) is 16.1 Å². The minimum atomic E-state index is -0.0419. The number of aromatic nitrogens is 2. The van der Waals surface area contributed by atoms with Gasteiger partial charge in [-0.15, -0.1) is 11.3 Å². The Balaban J connectivity index is 1.91. The zero-order chi connectivity index (χ0) is 13.9. The van der Waals surface area contributed by atoms with Crippen molar-refractivity contribution in [3.63, 3.8) is 0 Å². The molecule has 3 rings (SSSR count). The fourth-order valence-corrected chi connectivity index (χ4v) is 3.68. The molecule has 0 bridgehead atoms. The quantitative estimate of drug-likeness (QED) is 0.847. The molecule has 0 unspecified atom stereocenters. The van der Waals surface area contributed by atoms with Crippen LogP contribution in [0.4, 0.5) is 0 Å². The summed E-state index contributed by atoms with van der Waals surface area (Å²) in [5, 5.41) is 4.16. The van der Waals surface area contributed by atoms with Crippen molar-refractivity contribution in [1.82, 2.24) is 15.3 Å². The lowest BCUT2D eigenvalue weighted by molar-refractivity contribution is 0.693. The minimum absolute atomic E-state index is 0.0419. The number of H-pyrrole nitrogens is 1. The van der Waals surface area contributed by atoms with Crippen molar-refractivity contribution in [2.24, 2.45) is 4.99 Å². The van der Waals surface area contributed by atoms with Gasteiger partial charge in [-0.3, -0.25) is 9.79 Å². The number of unbranched alkanes of at least 4 members (excludes halogenated alkanes) is 2. The molecule has 0 atom stereocenters. The van der Waals surface area contributed by atoms with Gasteiger partial charge in [0.25, 0.3) is 5.56 Å². The molecule has 0 aromatic carbocycles. The fourth-order valence-electron chi connectivity index (χ4n) is 2.50. The molecule has 0 spiro atoms. The normalized spacial score (nSPS) is 14.2. The van der Waals surface area contributed by atoms with E-state index in [0.717, 1.165) is 52.4 Å². The highest BCUT2D eigenvalue weighted by Crippen LogP contribution is 2.30. The first-order valence-electron chi connectivity index (χ1n) is 7.09. The molecule has 1 aliphatic rings. The van der Waals surface area contributed by atoms with Crippen molar-refractivity contribution in [1.29, 1.82) is 0 Å². The monoisotopic (exact) mass is 290 g/mol. The summed E-state index contributed by atoms with van der Waals surface area (Å²) < 4.78 is 0. The maximum absolute atomic E-state index is 12.0. The molecule has 6 heteroatoms. The molecule has 0 fully saturated rings. The molecule has 20 heavy (non-hydrogen) atoms. The summed E-state index contributed by atoms with van der Waals surface area (Å²) >= 11 is 1.56. The molecule has 2 aromatic rings. The molecule has 0 radical (unpaired) electrons. The van der Waals surface area contributed by atoms with Gasteiger partial charge in [0.15, 0.2) is 0 Å². The molecule has 2 N–H and O–H groups in total. The second-order valence-corrected chi connectivity index (χ2v) is 5.93. The van der Waals surface area contributed by atoms with Crippen LogP contribution < -0.4 is 10.9 Å². The average molecular weight is 290 g/mol. The van der Waals surface area contributed by atoms with Gasteiger partial charge in [-0.1, -0.05) is 19.8 Å². The van der Waals surface area contributed by atoms with Crippen LogP contribution >= 0.6 is 11.3 Å². The van der Waals surface area contributed by atoms with E-state index in [2.05, 4.69) is 27.2 Å². The third-order valence-electron chi connectivity index (χ3n) is 3.51. The van der Waals surface area contributed by atoms with Gasteiger partial charge < -0.3 is 10.3 Å². The Morgan fingerprint density at radius 2 is 2.35 bits per heavy atom. The zero-order valence-corrected chi connectivity index (χ0v) is 12.3. The van der Waals surface area contributed by atoms with Gasteiger partial charge >= 0.3 is 0 Å². The van der Waals surface area contributed by atoms with Gasteiger partial charge in [0, 0.05) is 13.1 Å². The lowest BCUT2D eigenvalue weighted by Gasteiger charge is -2.14. The summed E-state index contributed by atoms with van der Waals surface area (Å²) in [6.45, 7) is 3.87. The first kappa shape index (κ1) is 13.3. The SMILES string of the molecule is CCCCCNC1=NCCc2c1sc1nc[nH]c(=O)c21. The van der Waals surface area contributed by atoms with E-state index < -0.39 is 0 Å². The number of amidine groups is 1. The fraction of sp³-hybridized carbons (Fsp3) is 0.500. The standard InChI is InChI=1S/C14H18N4OS/c1-2-3-4-6-15-12-11-9(5-7-16-12)10-13(19)17-8-18-14(10)20-11/h8H,2-7H2,1H3,(H,15,16)(H,17,18,19). The van der Waals surface area contributed by atoms with Gasteiger partial charge in [0.2, 0.25) is 0 Å².